The van der Waals surface area contributed by atoms with Crippen molar-refractivity contribution in [2.75, 3.05) is 6.54 Å². The minimum absolute atomic E-state index is 0.364. The van der Waals surface area contributed by atoms with Crippen LogP contribution in [0.25, 0.3) is 10.9 Å². The number of hydrogen-bond acceptors (Lipinski definition) is 1. The summed E-state index contributed by atoms with van der Waals surface area (Å²) in [5.41, 5.74) is 8.27. The van der Waals surface area contributed by atoms with Gasteiger partial charge in [-0.3, -0.25) is 0 Å². The van der Waals surface area contributed by atoms with Crippen LogP contribution in [0.4, 0.5) is 0 Å². The van der Waals surface area contributed by atoms with Crippen molar-refractivity contribution in [3.05, 3.63) is 35.0 Å². The first kappa shape index (κ1) is 12.5. The second-order valence-electron chi connectivity index (χ2n) is 4.87. The maximum atomic E-state index is 6.08. The van der Waals surface area contributed by atoms with E-state index >= 15 is 0 Å². The van der Waals surface area contributed by atoms with Gasteiger partial charge in [0.05, 0.1) is 0 Å². The number of rotatable bonds is 3. The Bertz CT molecular complexity index is 528. The molecule has 2 nitrogen and oxygen atoms in total. The lowest BCUT2D eigenvalue weighted by molar-refractivity contribution is 0.567. The molecule has 3 heteroatoms. The van der Waals surface area contributed by atoms with Gasteiger partial charge in [-0.2, -0.15) is 0 Å². The van der Waals surface area contributed by atoms with Crippen LogP contribution in [-0.4, -0.2) is 11.1 Å². The van der Waals surface area contributed by atoms with Gasteiger partial charge in [0.25, 0.3) is 0 Å². The second-order valence-corrected chi connectivity index (χ2v) is 5.31. The van der Waals surface area contributed by atoms with Crippen LogP contribution in [0.5, 0.6) is 0 Å². The fraction of sp³-hybridized carbons (Fsp3) is 0.429. The highest BCUT2D eigenvalue weighted by Crippen LogP contribution is 2.30. The van der Waals surface area contributed by atoms with E-state index in [9.17, 15) is 0 Å². The van der Waals surface area contributed by atoms with Gasteiger partial charge in [0, 0.05) is 34.7 Å². The monoisotopic (exact) mass is 250 g/mol. The molecule has 0 saturated carbocycles. The quantitative estimate of drug-likeness (QED) is 0.879. The molecular weight excluding hydrogens is 232 g/mol. The van der Waals surface area contributed by atoms with Crippen LogP contribution in [0.15, 0.2) is 24.3 Å². The highest BCUT2D eigenvalue weighted by atomic mass is 35.5. The van der Waals surface area contributed by atoms with Gasteiger partial charge in [-0.15, -0.1) is 0 Å². The zero-order chi connectivity index (χ0) is 12.6. The van der Waals surface area contributed by atoms with E-state index in [1.54, 1.807) is 0 Å². The summed E-state index contributed by atoms with van der Waals surface area (Å²) in [7, 11) is 0. The third-order valence-electron chi connectivity index (χ3n) is 3.21. The van der Waals surface area contributed by atoms with Gasteiger partial charge in [0.15, 0.2) is 0 Å². The molecule has 1 atom stereocenters. The lowest BCUT2D eigenvalue weighted by atomic mass is 10.1. The molecule has 0 aliphatic rings. The van der Waals surface area contributed by atoms with Crippen LogP contribution < -0.4 is 5.73 Å². The lowest BCUT2D eigenvalue weighted by Gasteiger charge is -2.18. The van der Waals surface area contributed by atoms with E-state index in [-0.39, 0.29) is 0 Å². The molecule has 0 aliphatic heterocycles. The van der Waals surface area contributed by atoms with Crippen molar-refractivity contribution in [2.45, 2.75) is 32.7 Å². The fourth-order valence-electron chi connectivity index (χ4n) is 2.29. The summed E-state index contributed by atoms with van der Waals surface area (Å²) in [6, 6.07) is 8.68. The fourth-order valence-corrected chi connectivity index (χ4v) is 2.46. The van der Waals surface area contributed by atoms with Gasteiger partial charge in [0.1, 0.15) is 0 Å². The highest BCUT2D eigenvalue weighted by Gasteiger charge is 2.15. The van der Waals surface area contributed by atoms with Crippen molar-refractivity contribution in [1.82, 2.24) is 4.57 Å². The molecule has 0 bridgehead atoms. The van der Waals surface area contributed by atoms with Gasteiger partial charge < -0.3 is 10.3 Å². The first-order valence-corrected chi connectivity index (χ1v) is 6.42. The van der Waals surface area contributed by atoms with Gasteiger partial charge in [-0.05, 0) is 37.4 Å². The molecule has 2 aromatic rings. The van der Waals surface area contributed by atoms with E-state index in [0.29, 0.717) is 18.5 Å². The number of halogens is 1. The minimum Gasteiger partial charge on any atom is -0.342 e. The Balaban J connectivity index is 2.71. The van der Waals surface area contributed by atoms with Crippen LogP contribution in [0, 0.1) is 0 Å². The Kier molecular flexibility index (Phi) is 3.45. The summed E-state index contributed by atoms with van der Waals surface area (Å²) in [4.78, 5) is 0. The molecule has 0 spiro atoms. The van der Waals surface area contributed by atoms with Crippen LogP contribution in [-0.2, 0) is 0 Å². The maximum absolute atomic E-state index is 6.08. The average Bonchev–Trinajstić information content (AvgIpc) is 2.66. The second kappa shape index (κ2) is 4.71. The first-order valence-electron chi connectivity index (χ1n) is 6.05. The molecule has 1 heterocycles. The molecule has 1 aromatic heterocycles. The normalized spacial score (nSPS) is 13.5. The molecule has 92 valence electrons. The Hall–Kier alpha value is -0.990. The van der Waals surface area contributed by atoms with Crippen molar-refractivity contribution in [3.8, 4) is 0 Å². The molecular formula is C14H19ClN2. The molecule has 0 fully saturated rings. The van der Waals surface area contributed by atoms with Crippen molar-refractivity contribution in [1.29, 1.82) is 0 Å². The summed E-state index contributed by atoms with van der Waals surface area (Å²) in [6.07, 6.45) is 0. The number of nitrogens with zero attached hydrogens (tertiary/aromatic N) is 1. The predicted octanol–water partition coefficient (Wildman–Crippen LogP) is 3.94. The standard InChI is InChI=1S/C14H19ClN2/c1-9(2)17-13(10(3)8-16)6-11-4-5-12(15)7-14(11)17/h4-7,9-10H,8,16H2,1-3H3. The Morgan fingerprint density at radius 1 is 1.24 bits per heavy atom. The summed E-state index contributed by atoms with van der Waals surface area (Å²) in [5.74, 6) is 0.364. The molecule has 1 aromatic carbocycles. The molecule has 2 rings (SSSR count). The van der Waals surface area contributed by atoms with Crippen molar-refractivity contribution < 1.29 is 0 Å². The number of fused-ring (bicyclic) bond motifs is 1. The molecule has 0 saturated heterocycles. The zero-order valence-electron chi connectivity index (χ0n) is 10.6. The number of hydrogen-bond donors (Lipinski definition) is 1. The van der Waals surface area contributed by atoms with Crippen molar-refractivity contribution >= 4 is 22.5 Å². The van der Waals surface area contributed by atoms with Gasteiger partial charge in [-0.25, -0.2) is 0 Å². The molecule has 17 heavy (non-hydrogen) atoms. The summed E-state index contributed by atoms with van der Waals surface area (Å²) in [6.45, 7) is 7.20. The lowest BCUT2D eigenvalue weighted by Crippen LogP contribution is -2.14. The van der Waals surface area contributed by atoms with Crippen LogP contribution in [0.1, 0.15) is 38.4 Å². The van der Waals surface area contributed by atoms with E-state index < -0.39 is 0 Å². The SMILES string of the molecule is CC(CN)c1cc2ccc(Cl)cc2n1C(C)C. The topological polar surface area (TPSA) is 30.9 Å². The Morgan fingerprint density at radius 2 is 1.94 bits per heavy atom. The Labute approximate surface area is 107 Å². The predicted molar refractivity (Wildman–Crippen MR) is 74.8 cm³/mol. The first-order chi connectivity index (χ1) is 8.04. The van der Waals surface area contributed by atoms with Crippen molar-refractivity contribution in [2.24, 2.45) is 5.73 Å². The zero-order valence-corrected chi connectivity index (χ0v) is 11.3. The maximum Gasteiger partial charge on any atom is 0.0499 e. The molecule has 0 radical (unpaired) electrons. The highest BCUT2D eigenvalue weighted by molar-refractivity contribution is 6.31. The van der Waals surface area contributed by atoms with E-state index in [2.05, 4.69) is 37.5 Å². The Morgan fingerprint density at radius 3 is 2.53 bits per heavy atom. The largest absolute Gasteiger partial charge is 0.342 e. The van der Waals surface area contributed by atoms with E-state index in [4.69, 9.17) is 17.3 Å². The van der Waals surface area contributed by atoms with Crippen LogP contribution in [0.2, 0.25) is 5.02 Å². The third-order valence-corrected chi connectivity index (χ3v) is 3.44. The third kappa shape index (κ3) is 2.20. The van der Waals surface area contributed by atoms with Gasteiger partial charge >= 0.3 is 0 Å². The van der Waals surface area contributed by atoms with E-state index in [1.165, 1.54) is 16.6 Å². The smallest absolute Gasteiger partial charge is 0.0499 e. The summed E-state index contributed by atoms with van der Waals surface area (Å²) in [5, 5.41) is 2.02. The average molecular weight is 251 g/mol. The van der Waals surface area contributed by atoms with E-state index in [0.717, 1.165) is 5.02 Å². The number of aromatic nitrogens is 1. The molecule has 1 unspecified atom stereocenters. The van der Waals surface area contributed by atoms with Crippen molar-refractivity contribution in [3.63, 3.8) is 0 Å². The van der Waals surface area contributed by atoms with Gasteiger partial charge in [0.2, 0.25) is 0 Å². The van der Waals surface area contributed by atoms with Crippen LogP contribution >= 0.6 is 11.6 Å². The minimum atomic E-state index is 0.364. The number of nitrogens with two attached hydrogens (primary N) is 1. The molecule has 0 aliphatic carbocycles. The van der Waals surface area contributed by atoms with Crippen LogP contribution in [0.3, 0.4) is 0 Å². The van der Waals surface area contributed by atoms with Gasteiger partial charge in [-0.1, -0.05) is 24.6 Å². The summed E-state index contributed by atoms with van der Waals surface area (Å²) < 4.78 is 2.33. The molecule has 0 amide bonds. The summed E-state index contributed by atoms with van der Waals surface area (Å²) >= 11 is 6.08. The number of benzene rings is 1. The van der Waals surface area contributed by atoms with E-state index in [1.807, 2.05) is 12.1 Å². The molecule has 2 N–H and O–H groups in total.